The Labute approximate surface area is 73.1 Å². The van der Waals surface area contributed by atoms with E-state index in [4.69, 9.17) is 9.94 Å². The van der Waals surface area contributed by atoms with Crippen LogP contribution in [0.15, 0.2) is 0 Å². The van der Waals surface area contributed by atoms with Crippen molar-refractivity contribution in [2.24, 2.45) is 0 Å². The first-order chi connectivity index (χ1) is 5.79. The van der Waals surface area contributed by atoms with Gasteiger partial charge in [0.05, 0.1) is 12.8 Å². The standard InChI is InChI=1S/C7H14NO3P/c9-7(10)6-12-5-3-1-2-4-11-8-12/h8H,1-6H2,(H,9,10). The van der Waals surface area contributed by atoms with E-state index in [1.165, 1.54) is 0 Å². The summed E-state index contributed by atoms with van der Waals surface area (Å²) < 4.78 is 0. The zero-order chi connectivity index (χ0) is 8.81. The van der Waals surface area contributed by atoms with Crippen LogP contribution in [0.1, 0.15) is 19.3 Å². The van der Waals surface area contributed by atoms with Gasteiger partial charge in [0.25, 0.3) is 0 Å². The molecule has 0 radical (unpaired) electrons. The molecule has 0 aromatic heterocycles. The van der Waals surface area contributed by atoms with Gasteiger partial charge in [0.15, 0.2) is 0 Å². The van der Waals surface area contributed by atoms with Crippen LogP contribution in [0.4, 0.5) is 0 Å². The molecule has 0 aromatic rings. The number of nitrogens with one attached hydrogen (secondary N) is 1. The minimum atomic E-state index is -0.738. The molecule has 1 saturated heterocycles. The molecule has 1 rings (SSSR count). The van der Waals surface area contributed by atoms with Gasteiger partial charge in [-0.2, -0.15) is 5.25 Å². The topological polar surface area (TPSA) is 58.6 Å². The van der Waals surface area contributed by atoms with Crippen LogP contribution in [-0.4, -0.2) is 30.0 Å². The average molecular weight is 191 g/mol. The molecule has 1 fully saturated rings. The fourth-order valence-electron chi connectivity index (χ4n) is 1.11. The van der Waals surface area contributed by atoms with Gasteiger partial charge in [-0.1, -0.05) is 6.42 Å². The second kappa shape index (κ2) is 5.46. The molecular weight excluding hydrogens is 177 g/mol. The summed E-state index contributed by atoms with van der Waals surface area (Å²) in [5.41, 5.74) is 0. The minimum absolute atomic E-state index is 0.218. The Bertz CT molecular complexity index is 146. The maximum absolute atomic E-state index is 10.4. The van der Waals surface area contributed by atoms with Gasteiger partial charge in [0, 0.05) is 8.07 Å². The summed E-state index contributed by atoms with van der Waals surface area (Å²) in [7, 11) is -0.627. The monoisotopic (exact) mass is 191 g/mol. The Balaban J connectivity index is 2.24. The van der Waals surface area contributed by atoms with Gasteiger partial charge in [-0.25, -0.2) is 0 Å². The molecule has 1 atom stereocenters. The van der Waals surface area contributed by atoms with Gasteiger partial charge in [0.1, 0.15) is 0 Å². The molecule has 4 nitrogen and oxygen atoms in total. The normalized spacial score (nSPS) is 25.8. The lowest BCUT2D eigenvalue weighted by atomic mass is 10.3. The fraction of sp³-hybridized carbons (Fsp3) is 0.857. The fourth-order valence-corrected chi connectivity index (χ4v) is 2.63. The lowest BCUT2D eigenvalue weighted by Gasteiger charge is -2.19. The third-order valence-corrected chi connectivity index (χ3v) is 3.59. The summed E-state index contributed by atoms with van der Waals surface area (Å²) in [5.74, 6) is -0.738. The lowest BCUT2D eigenvalue weighted by Crippen LogP contribution is -2.18. The molecule has 12 heavy (non-hydrogen) atoms. The maximum Gasteiger partial charge on any atom is 0.309 e. The van der Waals surface area contributed by atoms with Crippen molar-refractivity contribution in [1.82, 2.24) is 5.25 Å². The Hall–Kier alpha value is -0.180. The van der Waals surface area contributed by atoms with Crippen molar-refractivity contribution < 1.29 is 14.7 Å². The molecule has 70 valence electrons. The van der Waals surface area contributed by atoms with Crippen LogP contribution in [0.3, 0.4) is 0 Å². The molecule has 0 bridgehead atoms. The Morgan fingerprint density at radius 2 is 2.33 bits per heavy atom. The second-order valence-electron chi connectivity index (χ2n) is 2.82. The van der Waals surface area contributed by atoms with E-state index in [2.05, 4.69) is 5.25 Å². The quantitative estimate of drug-likeness (QED) is 0.643. The molecule has 1 aliphatic rings. The van der Waals surface area contributed by atoms with Gasteiger partial charge < -0.3 is 5.11 Å². The average Bonchev–Trinajstić information content (AvgIpc) is 1.93. The number of carbonyl (C=O) groups is 1. The largest absolute Gasteiger partial charge is 0.481 e. The van der Waals surface area contributed by atoms with E-state index in [0.29, 0.717) is 6.61 Å². The Morgan fingerprint density at radius 3 is 3.08 bits per heavy atom. The number of aliphatic carboxylic acids is 1. The number of rotatable bonds is 2. The van der Waals surface area contributed by atoms with E-state index in [1.807, 2.05) is 0 Å². The summed E-state index contributed by atoms with van der Waals surface area (Å²) in [5, 5.41) is 11.4. The number of hydrogen-bond acceptors (Lipinski definition) is 3. The van der Waals surface area contributed by atoms with Gasteiger partial charge >= 0.3 is 5.97 Å². The first kappa shape index (κ1) is 9.90. The summed E-state index contributed by atoms with van der Waals surface area (Å²) in [6, 6.07) is 0. The molecule has 2 N–H and O–H groups in total. The molecule has 0 spiro atoms. The third-order valence-electron chi connectivity index (χ3n) is 1.69. The lowest BCUT2D eigenvalue weighted by molar-refractivity contribution is -0.134. The molecular formula is C7H14NO3P. The van der Waals surface area contributed by atoms with Crippen molar-refractivity contribution in [2.45, 2.75) is 19.3 Å². The van der Waals surface area contributed by atoms with Crippen molar-refractivity contribution >= 4 is 14.0 Å². The van der Waals surface area contributed by atoms with Crippen molar-refractivity contribution in [3.8, 4) is 0 Å². The van der Waals surface area contributed by atoms with Crippen LogP contribution >= 0.6 is 8.07 Å². The molecule has 0 saturated carbocycles. The van der Waals surface area contributed by atoms with E-state index >= 15 is 0 Å². The summed E-state index contributed by atoms with van der Waals surface area (Å²) in [6.07, 6.45) is 4.52. The first-order valence-electron chi connectivity index (χ1n) is 4.13. The summed E-state index contributed by atoms with van der Waals surface area (Å²) in [6.45, 7) is 0.707. The Kier molecular flexibility index (Phi) is 4.51. The zero-order valence-corrected chi connectivity index (χ0v) is 7.85. The number of carboxylic acid groups (broad SMARTS) is 1. The van der Waals surface area contributed by atoms with Crippen molar-refractivity contribution in [1.29, 1.82) is 0 Å². The maximum atomic E-state index is 10.4. The van der Waals surface area contributed by atoms with E-state index in [1.54, 1.807) is 0 Å². The van der Waals surface area contributed by atoms with E-state index in [0.717, 1.165) is 25.4 Å². The molecule has 1 unspecified atom stereocenters. The van der Waals surface area contributed by atoms with Crippen LogP contribution in [0.25, 0.3) is 0 Å². The van der Waals surface area contributed by atoms with Gasteiger partial charge in [-0.15, -0.1) is 0 Å². The summed E-state index contributed by atoms with van der Waals surface area (Å²) >= 11 is 0. The molecule has 0 amide bonds. The van der Waals surface area contributed by atoms with E-state index < -0.39 is 14.0 Å². The third kappa shape index (κ3) is 4.00. The molecule has 1 heterocycles. The zero-order valence-electron chi connectivity index (χ0n) is 6.95. The number of carboxylic acids is 1. The summed E-state index contributed by atoms with van der Waals surface area (Å²) in [4.78, 5) is 15.5. The Morgan fingerprint density at radius 1 is 1.50 bits per heavy atom. The highest BCUT2D eigenvalue weighted by molar-refractivity contribution is 7.56. The van der Waals surface area contributed by atoms with Crippen molar-refractivity contribution in [2.75, 3.05) is 18.9 Å². The van der Waals surface area contributed by atoms with Crippen LogP contribution < -0.4 is 5.25 Å². The highest BCUT2D eigenvalue weighted by atomic mass is 31.1. The first-order valence-corrected chi connectivity index (χ1v) is 5.84. The van der Waals surface area contributed by atoms with Crippen molar-refractivity contribution in [3.63, 3.8) is 0 Å². The van der Waals surface area contributed by atoms with E-state index in [9.17, 15) is 4.79 Å². The molecule has 1 aliphatic heterocycles. The highest BCUT2D eigenvalue weighted by Crippen LogP contribution is 2.32. The predicted octanol–water partition coefficient (Wildman–Crippen LogP) is 1.17. The minimum Gasteiger partial charge on any atom is -0.481 e. The molecule has 0 aliphatic carbocycles. The number of hydrogen-bond donors (Lipinski definition) is 2. The van der Waals surface area contributed by atoms with Crippen LogP contribution in [0.2, 0.25) is 0 Å². The smallest absolute Gasteiger partial charge is 0.309 e. The van der Waals surface area contributed by atoms with Crippen LogP contribution in [0.5, 0.6) is 0 Å². The van der Waals surface area contributed by atoms with Gasteiger partial charge in [-0.3, -0.25) is 9.63 Å². The van der Waals surface area contributed by atoms with Crippen LogP contribution in [0, 0.1) is 0 Å². The predicted molar refractivity (Wildman–Crippen MR) is 47.2 cm³/mol. The van der Waals surface area contributed by atoms with Crippen molar-refractivity contribution in [3.05, 3.63) is 0 Å². The molecule has 5 heteroatoms. The van der Waals surface area contributed by atoms with Gasteiger partial charge in [0.2, 0.25) is 0 Å². The second-order valence-corrected chi connectivity index (χ2v) is 4.84. The van der Waals surface area contributed by atoms with Crippen LogP contribution in [-0.2, 0) is 9.63 Å². The van der Waals surface area contributed by atoms with Gasteiger partial charge in [-0.05, 0) is 19.0 Å². The van der Waals surface area contributed by atoms with E-state index in [-0.39, 0.29) is 6.16 Å². The molecule has 0 aromatic carbocycles. The highest BCUT2D eigenvalue weighted by Gasteiger charge is 2.13. The SMILES string of the molecule is O=C(O)CP1CCCCCON1.